The Labute approximate surface area is 124 Å². The summed E-state index contributed by atoms with van der Waals surface area (Å²) in [6.07, 6.45) is 1.17. The van der Waals surface area contributed by atoms with E-state index in [4.69, 9.17) is 15.4 Å². The van der Waals surface area contributed by atoms with E-state index in [-0.39, 0.29) is 18.1 Å². The highest BCUT2D eigenvalue weighted by Crippen LogP contribution is 2.31. The summed E-state index contributed by atoms with van der Waals surface area (Å²) < 4.78 is 42.0. The van der Waals surface area contributed by atoms with E-state index in [1.54, 1.807) is 19.1 Å². The van der Waals surface area contributed by atoms with E-state index >= 15 is 0 Å². The van der Waals surface area contributed by atoms with Crippen LogP contribution in [-0.4, -0.2) is 20.8 Å². The van der Waals surface area contributed by atoms with Gasteiger partial charge in [-0.1, -0.05) is 26.0 Å². The van der Waals surface area contributed by atoms with Crippen molar-refractivity contribution in [1.82, 2.24) is 0 Å². The Morgan fingerprint density at radius 2 is 1.90 bits per heavy atom. The van der Waals surface area contributed by atoms with Crippen LogP contribution in [0.5, 0.6) is 5.75 Å². The Hall–Kier alpha value is -0.810. The molecule has 0 heterocycles. The molecule has 0 aliphatic heterocycles. The molecule has 3 nitrogen and oxygen atoms in total. The largest absolute Gasteiger partial charge is 0.490 e. The Bertz CT molecular complexity index is 554. The summed E-state index contributed by atoms with van der Waals surface area (Å²) in [7, 11) is 1.73. The fraction of sp³-hybridized carbons (Fsp3) is 0.571. The zero-order chi connectivity index (χ0) is 15.4. The van der Waals surface area contributed by atoms with Gasteiger partial charge in [-0.05, 0) is 31.4 Å². The topological polar surface area (TPSA) is 43.4 Å². The maximum Gasteiger partial charge on any atom is 0.233 e. The summed E-state index contributed by atoms with van der Waals surface area (Å²) in [4.78, 5) is 0. The summed E-state index contributed by atoms with van der Waals surface area (Å²) in [6, 6.07) is 4.89. The molecule has 0 aliphatic rings. The molecule has 0 spiro atoms. The van der Waals surface area contributed by atoms with E-state index in [0.29, 0.717) is 18.4 Å². The Morgan fingerprint density at radius 3 is 2.40 bits per heavy atom. The second-order valence-corrected chi connectivity index (χ2v) is 7.84. The first kappa shape index (κ1) is 17.2. The van der Waals surface area contributed by atoms with Crippen molar-refractivity contribution in [1.29, 1.82) is 0 Å². The normalized spacial score (nSPS) is 12.4. The number of aryl methyl sites for hydroxylation is 1. The quantitative estimate of drug-likeness (QED) is 0.715. The second-order valence-electron chi connectivity index (χ2n) is 5.07. The first-order valence-corrected chi connectivity index (χ1v) is 9.01. The number of hydrogen-bond donors (Lipinski definition) is 0. The molecule has 0 saturated carbocycles. The van der Waals surface area contributed by atoms with Crippen LogP contribution in [0, 0.1) is 18.2 Å². The molecule has 0 aromatic heterocycles. The maximum atomic E-state index is 13.9. The van der Waals surface area contributed by atoms with Crippen molar-refractivity contribution in [3.8, 4) is 5.75 Å². The van der Waals surface area contributed by atoms with Gasteiger partial charge in [0.05, 0.1) is 12.4 Å². The number of ether oxygens (including phenoxy) is 1. The van der Waals surface area contributed by atoms with Gasteiger partial charge in [-0.2, -0.15) is 0 Å². The molecule has 0 aliphatic carbocycles. The molecule has 1 aromatic rings. The van der Waals surface area contributed by atoms with Crippen molar-refractivity contribution in [3.05, 3.63) is 29.6 Å². The van der Waals surface area contributed by atoms with Gasteiger partial charge in [0.1, 0.15) is 0 Å². The zero-order valence-electron chi connectivity index (χ0n) is 11.9. The van der Waals surface area contributed by atoms with Gasteiger partial charge in [-0.25, -0.2) is 12.8 Å². The second kappa shape index (κ2) is 6.76. The number of rotatable bonds is 7. The molecule has 0 radical (unpaired) electrons. The molecule has 0 saturated heterocycles. The van der Waals surface area contributed by atoms with Crippen LogP contribution in [0.3, 0.4) is 0 Å². The average molecular weight is 323 g/mol. The van der Waals surface area contributed by atoms with Crippen LogP contribution in [0.1, 0.15) is 32.3 Å². The molecule has 0 atom stereocenters. The van der Waals surface area contributed by atoms with Gasteiger partial charge in [0.15, 0.2) is 11.6 Å². The smallest absolute Gasteiger partial charge is 0.233 e. The minimum Gasteiger partial charge on any atom is -0.490 e. The highest BCUT2D eigenvalue weighted by molar-refractivity contribution is 8.13. The average Bonchev–Trinajstić information content (AvgIpc) is 2.37. The molecule has 114 valence electrons. The van der Waals surface area contributed by atoms with Crippen molar-refractivity contribution in [2.45, 2.75) is 33.6 Å². The van der Waals surface area contributed by atoms with Crippen molar-refractivity contribution in [2.24, 2.45) is 5.41 Å². The van der Waals surface area contributed by atoms with Crippen LogP contribution in [-0.2, 0) is 9.05 Å². The van der Waals surface area contributed by atoms with E-state index in [2.05, 4.69) is 0 Å². The monoisotopic (exact) mass is 322 g/mol. The Balaban J connectivity index is 2.90. The predicted molar refractivity (Wildman–Crippen MR) is 79.3 cm³/mol. The van der Waals surface area contributed by atoms with Gasteiger partial charge >= 0.3 is 0 Å². The van der Waals surface area contributed by atoms with E-state index in [9.17, 15) is 12.8 Å². The lowest BCUT2D eigenvalue weighted by Gasteiger charge is -2.30. The molecule has 6 heteroatoms. The van der Waals surface area contributed by atoms with Gasteiger partial charge < -0.3 is 4.74 Å². The first-order chi connectivity index (χ1) is 9.23. The molecule has 1 rings (SSSR count). The van der Waals surface area contributed by atoms with Gasteiger partial charge in [-0.15, -0.1) is 0 Å². The molecule has 0 unspecified atom stereocenters. The fourth-order valence-corrected chi connectivity index (χ4v) is 3.95. The lowest BCUT2D eigenvalue weighted by atomic mass is 9.85. The van der Waals surface area contributed by atoms with Crippen LogP contribution >= 0.6 is 10.7 Å². The Morgan fingerprint density at radius 1 is 1.30 bits per heavy atom. The number of hydrogen-bond acceptors (Lipinski definition) is 3. The Kier molecular flexibility index (Phi) is 5.83. The SMILES string of the molecule is CCC(CC)(COc1cccc(C)c1F)CS(=O)(=O)Cl. The van der Waals surface area contributed by atoms with Crippen LogP contribution in [0.2, 0.25) is 0 Å². The molecular weight excluding hydrogens is 303 g/mol. The maximum absolute atomic E-state index is 13.9. The van der Waals surface area contributed by atoms with E-state index in [0.717, 1.165) is 0 Å². The third kappa shape index (κ3) is 4.63. The summed E-state index contributed by atoms with van der Waals surface area (Å²) in [5.41, 5.74) is -0.109. The van der Waals surface area contributed by atoms with E-state index < -0.39 is 20.3 Å². The lowest BCUT2D eigenvalue weighted by molar-refractivity contribution is 0.150. The molecule has 0 N–H and O–H groups in total. The minimum absolute atomic E-state index is 0.117. The summed E-state index contributed by atoms with van der Waals surface area (Å²) in [6.45, 7) is 5.52. The predicted octanol–water partition coefficient (Wildman–Crippen LogP) is 3.89. The molecule has 0 amide bonds. The molecule has 0 bridgehead atoms. The summed E-state index contributed by atoms with van der Waals surface area (Å²) in [5.74, 6) is -0.451. The molecule has 1 aromatic carbocycles. The fourth-order valence-electron chi connectivity index (χ4n) is 2.03. The van der Waals surface area contributed by atoms with Crippen LogP contribution in [0.15, 0.2) is 18.2 Å². The number of benzene rings is 1. The van der Waals surface area contributed by atoms with Gasteiger partial charge in [0.25, 0.3) is 0 Å². The third-order valence-corrected chi connectivity index (χ3v) is 4.95. The standard InChI is InChI=1S/C14H20ClFO3S/c1-4-14(5-2,10-20(15,17)18)9-19-12-8-6-7-11(3)13(12)16/h6-8H,4-5,9-10H2,1-3H3. The van der Waals surface area contributed by atoms with Crippen LogP contribution < -0.4 is 4.74 Å². The van der Waals surface area contributed by atoms with Gasteiger partial charge in [0.2, 0.25) is 9.05 Å². The van der Waals surface area contributed by atoms with Crippen LogP contribution in [0.4, 0.5) is 4.39 Å². The molecule has 20 heavy (non-hydrogen) atoms. The minimum atomic E-state index is -3.63. The third-order valence-electron chi connectivity index (χ3n) is 3.67. The van der Waals surface area contributed by atoms with Crippen molar-refractivity contribution < 1.29 is 17.5 Å². The summed E-state index contributed by atoms with van der Waals surface area (Å²) in [5, 5.41) is 0. The van der Waals surface area contributed by atoms with Crippen LogP contribution in [0.25, 0.3) is 0 Å². The lowest BCUT2D eigenvalue weighted by Crippen LogP contribution is -2.34. The first-order valence-electron chi connectivity index (χ1n) is 6.53. The number of halogens is 2. The van der Waals surface area contributed by atoms with Crippen molar-refractivity contribution in [2.75, 3.05) is 12.4 Å². The van der Waals surface area contributed by atoms with Crippen molar-refractivity contribution in [3.63, 3.8) is 0 Å². The zero-order valence-corrected chi connectivity index (χ0v) is 13.5. The summed E-state index contributed by atoms with van der Waals surface area (Å²) >= 11 is 0. The van der Waals surface area contributed by atoms with Gasteiger partial charge in [-0.3, -0.25) is 0 Å². The highest BCUT2D eigenvalue weighted by atomic mass is 35.7. The van der Waals surface area contributed by atoms with E-state index in [1.807, 2.05) is 13.8 Å². The molecular formula is C14H20ClFO3S. The van der Waals surface area contributed by atoms with E-state index in [1.165, 1.54) is 6.07 Å². The van der Waals surface area contributed by atoms with Gasteiger partial charge in [0, 0.05) is 16.1 Å². The highest BCUT2D eigenvalue weighted by Gasteiger charge is 2.33. The van der Waals surface area contributed by atoms with Crippen molar-refractivity contribution >= 4 is 19.7 Å². The molecule has 0 fully saturated rings.